The third kappa shape index (κ3) is 2.17. The van der Waals surface area contributed by atoms with Crippen LogP contribution in [0.5, 0.6) is 0 Å². The van der Waals surface area contributed by atoms with Gasteiger partial charge in [0.25, 0.3) is 0 Å². The van der Waals surface area contributed by atoms with Crippen molar-refractivity contribution >= 4 is 5.91 Å². The second kappa shape index (κ2) is 3.69. The molecule has 1 aliphatic heterocycles. The Morgan fingerprint density at radius 2 is 2.09 bits per heavy atom. The third-order valence-corrected chi connectivity index (χ3v) is 2.00. The van der Waals surface area contributed by atoms with Crippen LogP contribution in [-0.2, 0) is 9.53 Å². The Kier molecular flexibility index (Phi) is 2.84. The second-order valence-corrected chi connectivity index (χ2v) is 2.80. The lowest BCUT2D eigenvalue weighted by Crippen LogP contribution is -2.37. The zero-order valence-corrected chi connectivity index (χ0v) is 6.32. The topological polar surface area (TPSA) is 72.6 Å². The molecule has 4 nitrogen and oxygen atoms in total. The Morgan fingerprint density at radius 1 is 1.55 bits per heavy atom. The van der Waals surface area contributed by atoms with Crippen LogP contribution in [0.25, 0.3) is 0 Å². The van der Waals surface area contributed by atoms with Gasteiger partial charge in [0, 0.05) is 13.2 Å². The first-order chi connectivity index (χ1) is 5.22. The fourth-order valence-corrected chi connectivity index (χ4v) is 1.26. The Morgan fingerprint density at radius 3 is 2.55 bits per heavy atom. The first-order valence-corrected chi connectivity index (χ1v) is 3.77. The first-order valence-electron chi connectivity index (χ1n) is 3.77. The van der Waals surface area contributed by atoms with Crippen LogP contribution in [0, 0.1) is 5.92 Å². The van der Waals surface area contributed by atoms with Gasteiger partial charge in [-0.05, 0) is 18.8 Å². The van der Waals surface area contributed by atoms with Crippen molar-refractivity contribution < 1.29 is 14.6 Å². The maximum absolute atomic E-state index is 10.5. The summed E-state index contributed by atoms with van der Waals surface area (Å²) >= 11 is 0. The van der Waals surface area contributed by atoms with Crippen molar-refractivity contribution in [2.75, 3.05) is 13.2 Å². The number of hydrogen-bond donors (Lipinski definition) is 2. The van der Waals surface area contributed by atoms with Crippen LogP contribution in [0.2, 0.25) is 0 Å². The number of rotatable bonds is 2. The number of aliphatic hydroxyl groups is 1. The number of primary amides is 1. The van der Waals surface area contributed by atoms with E-state index in [-0.39, 0.29) is 5.92 Å². The van der Waals surface area contributed by atoms with Gasteiger partial charge in [0.1, 0.15) is 6.10 Å². The molecule has 11 heavy (non-hydrogen) atoms. The maximum Gasteiger partial charge on any atom is 0.246 e. The number of aliphatic hydroxyl groups excluding tert-OH is 1. The summed E-state index contributed by atoms with van der Waals surface area (Å²) < 4.78 is 5.07. The van der Waals surface area contributed by atoms with E-state index in [9.17, 15) is 9.90 Å². The summed E-state index contributed by atoms with van der Waals surface area (Å²) in [5.41, 5.74) is 4.94. The van der Waals surface area contributed by atoms with Crippen LogP contribution < -0.4 is 5.73 Å². The van der Waals surface area contributed by atoms with E-state index in [0.29, 0.717) is 13.2 Å². The van der Waals surface area contributed by atoms with E-state index < -0.39 is 12.0 Å². The molecule has 0 radical (unpaired) electrons. The van der Waals surface area contributed by atoms with Crippen molar-refractivity contribution in [1.82, 2.24) is 0 Å². The highest BCUT2D eigenvalue weighted by Crippen LogP contribution is 2.18. The quantitative estimate of drug-likeness (QED) is 0.557. The van der Waals surface area contributed by atoms with Gasteiger partial charge >= 0.3 is 0 Å². The zero-order valence-electron chi connectivity index (χ0n) is 6.32. The smallest absolute Gasteiger partial charge is 0.246 e. The summed E-state index contributed by atoms with van der Waals surface area (Å²) in [6.07, 6.45) is 0.465. The molecular formula is C7H13NO3. The molecule has 1 fully saturated rings. The van der Waals surface area contributed by atoms with Crippen molar-refractivity contribution in [3.8, 4) is 0 Å². The van der Waals surface area contributed by atoms with E-state index in [4.69, 9.17) is 10.5 Å². The average molecular weight is 159 g/mol. The molecule has 0 saturated carbocycles. The van der Waals surface area contributed by atoms with Crippen LogP contribution in [-0.4, -0.2) is 30.3 Å². The average Bonchev–Trinajstić information content (AvgIpc) is 2.05. The summed E-state index contributed by atoms with van der Waals surface area (Å²) in [6.45, 7) is 1.24. The molecule has 0 aromatic heterocycles. The number of amides is 1. The van der Waals surface area contributed by atoms with Gasteiger partial charge in [0.05, 0.1) is 0 Å². The standard InChI is InChI=1S/C7H13NO3/c8-7(10)6(9)5-1-3-11-4-2-5/h5-6,9H,1-4H2,(H2,8,10)/t6-/m1/s1. The molecule has 0 aliphatic carbocycles. The zero-order chi connectivity index (χ0) is 8.27. The van der Waals surface area contributed by atoms with Crippen LogP contribution in [0.4, 0.5) is 0 Å². The molecule has 0 spiro atoms. The molecule has 0 bridgehead atoms. The fraction of sp³-hybridized carbons (Fsp3) is 0.857. The van der Waals surface area contributed by atoms with Crippen LogP contribution in [0.15, 0.2) is 0 Å². The first kappa shape index (κ1) is 8.49. The molecule has 1 rings (SSSR count). The lowest BCUT2D eigenvalue weighted by molar-refractivity contribution is -0.130. The number of ether oxygens (including phenoxy) is 1. The van der Waals surface area contributed by atoms with Crippen molar-refractivity contribution in [2.45, 2.75) is 18.9 Å². The maximum atomic E-state index is 10.5. The normalized spacial score (nSPS) is 23.0. The predicted molar refractivity (Wildman–Crippen MR) is 38.7 cm³/mol. The third-order valence-electron chi connectivity index (χ3n) is 2.00. The summed E-state index contributed by atoms with van der Waals surface area (Å²) in [5, 5.41) is 9.22. The SMILES string of the molecule is NC(=O)[C@H](O)C1CCOCC1. The number of carbonyl (C=O) groups is 1. The number of carbonyl (C=O) groups excluding carboxylic acids is 1. The molecule has 1 amide bonds. The van der Waals surface area contributed by atoms with Crippen molar-refractivity contribution in [1.29, 1.82) is 0 Å². The summed E-state index contributed by atoms with van der Waals surface area (Å²) in [5.74, 6) is -0.627. The van der Waals surface area contributed by atoms with Crippen molar-refractivity contribution in [2.24, 2.45) is 11.7 Å². The van der Waals surface area contributed by atoms with Crippen LogP contribution >= 0.6 is 0 Å². The van der Waals surface area contributed by atoms with Gasteiger partial charge in [-0.3, -0.25) is 4.79 Å². The highest BCUT2D eigenvalue weighted by atomic mass is 16.5. The van der Waals surface area contributed by atoms with E-state index in [1.807, 2.05) is 0 Å². The second-order valence-electron chi connectivity index (χ2n) is 2.80. The lowest BCUT2D eigenvalue weighted by atomic mass is 9.94. The highest BCUT2D eigenvalue weighted by molar-refractivity contribution is 5.78. The molecule has 64 valence electrons. The molecule has 1 saturated heterocycles. The monoisotopic (exact) mass is 159 g/mol. The predicted octanol–water partition coefficient (Wildman–Crippen LogP) is -0.741. The Bertz CT molecular complexity index is 143. The fourth-order valence-electron chi connectivity index (χ4n) is 1.26. The molecule has 1 heterocycles. The minimum atomic E-state index is -0.987. The van der Waals surface area contributed by atoms with Gasteiger partial charge in [0.15, 0.2) is 0 Å². The van der Waals surface area contributed by atoms with Gasteiger partial charge in [-0.1, -0.05) is 0 Å². The highest BCUT2D eigenvalue weighted by Gasteiger charge is 2.25. The van der Waals surface area contributed by atoms with Gasteiger partial charge in [-0.25, -0.2) is 0 Å². The minimum Gasteiger partial charge on any atom is -0.383 e. The van der Waals surface area contributed by atoms with E-state index in [1.165, 1.54) is 0 Å². The molecule has 4 heteroatoms. The largest absolute Gasteiger partial charge is 0.383 e. The summed E-state index contributed by atoms with van der Waals surface area (Å²) in [4.78, 5) is 10.5. The van der Waals surface area contributed by atoms with Crippen molar-refractivity contribution in [3.05, 3.63) is 0 Å². The molecule has 1 atom stereocenters. The summed E-state index contributed by atoms with van der Waals surface area (Å²) in [7, 11) is 0. The molecule has 0 aromatic rings. The van der Waals surface area contributed by atoms with E-state index in [0.717, 1.165) is 12.8 Å². The number of nitrogens with two attached hydrogens (primary N) is 1. The Hall–Kier alpha value is -0.610. The van der Waals surface area contributed by atoms with E-state index >= 15 is 0 Å². The molecular weight excluding hydrogens is 146 g/mol. The Balaban J connectivity index is 2.38. The Labute approximate surface area is 65.3 Å². The van der Waals surface area contributed by atoms with Crippen LogP contribution in [0.1, 0.15) is 12.8 Å². The molecule has 3 N–H and O–H groups in total. The van der Waals surface area contributed by atoms with E-state index in [2.05, 4.69) is 0 Å². The van der Waals surface area contributed by atoms with Crippen LogP contribution in [0.3, 0.4) is 0 Å². The summed E-state index contributed by atoms with van der Waals surface area (Å²) in [6, 6.07) is 0. The van der Waals surface area contributed by atoms with Crippen molar-refractivity contribution in [3.63, 3.8) is 0 Å². The lowest BCUT2D eigenvalue weighted by Gasteiger charge is -2.24. The van der Waals surface area contributed by atoms with Gasteiger partial charge in [-0.15, -0.1) is 0 Å². The molecule has 1 aliphatic rings. The van der Waals surface area contributed by atoms with E-state index in [1.54, 1.807) is 0 Å². The molecule has 0 unspecified atom stereocenters. The molecule has 0 aromatic carbocycles. The van der Waals surface area contributed by atoms with Gasteiger partial charge < -0.3 is 15.6 Å². The van der Waals surface area contributed by atoms with Gasteiger partial charge in [-0.2, -0.15) is 0 Å². The number of hydrogen-bond acceptors (Lipinski definition) is 3. The minimum absolute atomic E-state index is 0.00116. The van der Waals surface area contributed by atoms with Gasteiger partial charge in [0.2, 0.25) is 5.91 Å².